The first-order chi connectivity index (χ1) is 7.68. The van der Waals surface area contributed by atoms with Crippen LogP contribution >= 0.6 is 11.3 Å². The highest BCUT2D eigenvalue weighted by Gasteiger charge is 2.20. The lowest BCUT2D eigenvalue weighted by Crippen LogP contribution is -2.30. The van der Waals surface area contributed by atoms with Gasteiger partial charge in [-0.25, -0.2) is 0 Å². The maximum atomic E-state index is 10.1. The molecule has 16 heavy (non-hydrogen) atoms. The van der Waals surface area contributed by atoms with Crippen LogP contribution in [0.5, 0.6) is 0 Å². The minimum Gasteiger partial charge on any atom is -0.387 e. The van der Waals surface area contributed by atoms with E-state index in [1.807, 2.05) is 6.92 Å². The number of aromatic amines is 1. The quantitative estimate of drug-likeness (QED) is 0.734. The first kappa shape index (κ1) is 11.3. The summed E-state index contributed by atoms with van der Waals surface area (Å²) in [5.74, 6) is 0. The Morgan fingerprint density at radius 2 is 2.38 bits per heavy atom. The van der Waals surface area contributed by atoms with Gasteiger partial charge in [0.25, 0.3) is 0 Å². The van der Waals surface area contributed by atoms with Gasteiger partial charge in [-0.2, -0.15) is 5.10 Å². The second-order valence-electron chi connectivity index (χ2n) is 3.73. The molecule has 4 N–H and O–H groups in total. The lowest BCUT2D eigenvalue weighted by Gasteiger charge is -2.17. The van der Waals surface area contributed by atoms with Crippen molar-refractivity contribution in [2.45, 2.75) is 25.5 Å². The number of thiazole rings is 1. The fraction of sp³-hybridized carbons (Fsp3) is 0.400. The largest absolute Gasteiger partial charge is 0.387 e. The van der Waals surface area contributed by atoms with Crippen LogP contribution in [0.25, 0.3) is 0 Å². The molecule has 0 aromatic carbocycles. The van der Waals surface area contributed by atoms with Crippen molar-refractivity contribution in [1.29, 1.82) is 0 Å². The third-order valence-electron chi connectivity index (χ3n) is 2.51. The molecular weight excluding hydrogens is 224 g/mol. The van der Waals surface area contributed by atoms with E-state index in [2.05, 4.69) is 15.2 Å². The smallest absolute Gasteiger partial charge is 0.0977 e. The number of aliphatic hydroxyl groups is 1. The molecule has 0 fully saturated rings. The van der Waals surface area contributed by atoms with Crippen LogP contribution in [-0.4, -0.2) is 26.3 Å². The molecule has 2 unspecified atom stereocenters. The van der Waals surface area contributed by atoms with E-state index in [4.69, 9.17) is 5.73 Å². The molecule has 6 heteroatoms. The van der Waals surface area contributed by atoms with Gasteiger partial charge in [-0.15, -0.1) is 11.3 Å². The molecule has 2 aromatic rings. The van der Waals surface area contributed by atoms with Crippen LogP contribution in [0.15, 0.2) is 17.9 Å². The summed E-state index contributed by atoms with van der Waals surface area (Å²) in [6.45, 7) is 1.87. The maximum Gasteiger partial charge on any atom is 0.0977 e. The summed E-state index contributed by atoms with van der Waals surface area (Å²) >= 11 is 1.54. The van der Waals surface area contributed by atoms with E-state index in [0.29, 0.717) is 6.42 Å². The van der Waals surface area contributed by atoms with Crippen molar-refractivity contribution < 1.29 is 5.11 Å². The Balaban J connectivity index is 2.05. The third kappa shape index (κ3) is 2.29. The molecule has 2 atom stereocenters. The molecule has 0 aliphatic heterocycles. The summed E-state index contributed by atoms with van der Waals surface area (Å²) in [4.78, 5) is 5.05. The van der Waals surface area contributed by atoms with Gasteiger partial charge in [0, 0.05) is 34.8 Å². The molecule has 0 spiro atoms. The van der Waals surface area contributed by atoms with Crippen molar-refractivity contribution in [3.63, 3.8) is 0 Å². The highest BCUT2D eigenvalue weighted by molar-refractivity contribution is 7.09. The molecule has 0 saturated carbocycles. The zero-order chi connectivity index (χ0) is 11.5. The first-order valence-electron chi connectivity index (χ1n) is 4.99. The Hall–Kier alpha value is -1.24. The predicted molar refractivity (Wildman–Crippen MR) is 62.1 cm³/mol. The number of hydrogen-bond acceptors (Lipinski definition) is 5. The van der Waals surface area contributed by atoms with Crippen LogP contribution < -0.4 is 5.73 Å². The Morgan fingerprint density at radius 3 is 2.94 bits per heavy atom. The number of nitrogens with one attached hydrogen (secondary N) is 1. The topological polar surface area (TPSA) is 87.8 Å². The van der Waals surface area contributed by atoms with E-state index in [9.17, 15) is 5.11 Å². The van der Waals surface area contributed by atoms with Gasteiger partial charge in [-0.1, -0.05) is 0 Å². The van der Waals surface area contributed by atoms with Crippen LogP contribution in [0, 0.1) is 6.92 Å². The first-order valence-corrected chi connectivity index (χ1v) is 5.87. The molecule has 2 heterocycles. The number of rotatable bonds is 4. The van der Waals surface area contributed by atoms with Crippen molar-refractivity contribution in [2.75, 3.05) is 0 Å². The van der Waals surface area contributed by atoms with Crippen LogP contribution in [-0.2, 0) is 6.42 Å². The molecule has 0 aliphatic rings. The van der Waals surface area contributed by atoms with E-state index in [1.54, 1.807) is 29.2 Å². The molecule has 2 rings (SSSR count). The molecule has 0 radical (unpaired) electrons. The van der Waals surface area contributed by atoms with E-state index in [1.165, 1.54) is 0 Å². The van der Waals surface area contributed by atoms with E-state index >= 15 is 0 Å². The van der Waals surface area contributed by atoms with Gasteiger partial charge in [0.05, 0.1) is 17.8 Å². The van der Waals surface area contributed by atoms with Crippen molar-refractivity contribution >= 4 is 11.3 Å². The van der Waals surface area contributed by atoms with Crippen molar-refractivity contribution in [2.24, 2.45) is 5.73 Å². The van der Waals surface area contributed by atoms with Crippen LogP contribution in [0.4, 0.5) is 0 Å². The van der Waals surface area contributed by atoms with E-state index in [0.717, 1.165) is 16.1 Å². The molecule has 0 bridgehead atoms. The molecular formula is C10H14N4OS. The van der Waals surface area contributed by atoms with Crippen molar-refractivity contribution in [1.82, 2.24) is 15.2 Å². The lowest BCUT2D eigenvalue weighted by atomic mass is 10.0. The van der Waals surface area contributed by atoms with Gasteiger partial charge in [-0.05, 0) is 6.92 Å². The monoisotopic (exact) mass is 238 g/mol. The SMILES string of the molecule is Cc1[nH]ncc1C(O)C(N)Cc1cncs1. The summed E-state index contributed by atoms with van der Waals surface area (Å²) in [5.41, 5.74) is 9.33. The van der Waals surface area contributed by atoms with E-state index < -0.39 is 6.10 Å². The van der Waals surface area contributed by atoms with Crippen molar-refractivity contribution in [3.05, 3.63) is 34.0 Å². The van der Waals surface area contributed by atoms with Crippen LogP contribution in [0.2, 0.25) is 0 Å². The summed E-state index contributed by atoms with van der Waals surface area (Å²) < 4.78 is 0. The zero-order valence-corrected chi connectivity index (χ0v) is 9.74. The van der Waals surface area contributed by atoms with Gasteiger partial charge >= 0.3 is 0 Å². The highest BCUT2D eigenvalue weighted by atomic mass is 32.1. The van der Waals surface area contributed by atoms with Crippen LogP contribution in [0.1, 0.15) is 22.2 Å². The normalized spacial score (nSPS) is 14.9. The number of aromatic nitrogens is 3. The minimum absolute atomic E-state index is 0.336. The van der Waals surface area contributed by atoms with Gasteiger partial charge in [0.2, 0.25) is 0 Å². The second kappa shape index (κ2) is 4.73. The van der Waals surface area contributed by atoms with Gasteiger partial charge in [0.15, 0.2) is 0 Å². The van der Waals surface area contributed by atoms with Crippen LogP contribution in [0.3, 0.4) is 0 Å². The average molecular weight is 238 g/mol. The molecule has 0 aliphatic carbocycles. The second-order valence-corrected chi connectivity index (χ2v) is 4.70. The molecule has 5 nitrogen and oxygen atoms in total. The number of hydrogen-bond donors (Lipinski definition) is 3. The summed E-state index contributed by atoms with van der Waals surface area (Å²) in [5, 5.41) is 16.7. The molecule has 2 aromatic heterocycles. The number of aryl methyl sites for hydroxylation is 1. The van der Waals surface area contributed by atoms with Gasteiger partial charge in [0.1, 0.15) is 0 Å². The minimum atomic E-state index is -0.694. The fourth-order valence-corrected chi connectivity index (χ4v) is 2.24. The lowest BCUT2D eigenvalue weighted by molar-refractivity contribution is 0.146. The van der Waals surface area contributed by atoms with E-state index in [-0.39, 0.29) is 6.04 Å². The summed E-state index contributed by atoms with van der Waals surface area (Å²) in [6, 6.07) is -0.336. The highest BCUT2D eigenvalue weighted by Crippen LogP contribution is 2.21. The maximum absolute atomic E-state index is 10.1. The number of nitrogens with zero attached hydrogens (tertiary/aromatic N) is 2. The molecule has 86 valence electrons. The number of H-pyrrole nitrogens is 1. The van der Waals surface area contributed by atoms with Gasteiger partial charge < -0.3 is 10.8 Å². The Kier molecular flexibility index (Phi) is 3.33. The van der Waals surface area contributed by atoms with Gasteiger partial charge in [-0.3, -0.25) is 10.1 Å². The van der Waals surface area contributed by atoms with Crippen molar-refractivity contribution in [3.8, 4) is 0 Å². The average Bonchev–Trinajstić information content (AvgIpc) is 2.88. The fourth-order valence-electron chi connectivity index (χ4n) is 1.58. The zero-order valence-electron chi connectivity index (χ0n) is 8.92. The molecule has 0 amide bonds. The Labute approximate surface area is 97.3 Å². The third-order valence-corrected chi connectivity index (χ3v) is 3.32. The molecule has 0 saturated heterocycles. The number of nitrogens with two attached hydrogens (primary N) is 1. The standard InChI is InChI=1S/C10H14N4OS/c1-6-8(4-13-14-6)10(15)9(11)2-7-3-12-5-16-7/h3-5,9-10,15H,2,11H2,1H3,(H,13,14). The predicted octanol–water partition coefficient (Wildman–Crippen LogP) is 0.778. The summed E-state index contributed by atoms with van der Waals surface area (Å²) in [6.07, 6.45) is 3.32. The number of aliphatic hydroxyl groups excluding tert-OH is 1. The Bertz CT molecular complexity index is 439. The summed E-state index contributed by atoms with van der Waals surface area (Å²) in [7, 11) is 0. The Morgan fingerprint density at radius 1 is 1.56 bits per heavy atom.